The highest BCUT2D eigenvalue weighted by Crippen LogP contribution is 2.23. The number of primary amides is 1. The molecule has 0 aromatic heterocycles. The number of amides is 3. The molecule has 2 rings (SSSR count). The van der Waals surface area contributed by atoms with Crippen LogP contribution in [0.15, 0.2) is 18.2 Å². The van der Waals surface area contributed by atoms with Crippen molar-refractivity contribution >= 4 is 17.9 Å². The maximum absolute atomic E-state index is 11.6. The molecule has 0 bridgehead atoms. The molecule has 0 saturated carbocycles. The molecule has 6 nitrogen and oxygen atoms in total. The van der Waals surface area contributed by atoms with Gasteiger partial charge in [-0.25, -0.2) is 4.79 Å². The molecule has 0 radical (unpaired) electrons. The van der Waals surface area contributed by atoms with Crippen LogP contribution in [0.25, 0.3) is 0 Å². The first-order valence-corrected chi connectivity index (χ1v) is 6.40. The van der Waals surface area contributed by atoms with Gasteiger partial charge in [-0.05, 0) is 36.0 Å². The standard InChI is InChI=1S/C14H16N2O4/c15-14(19)16-12(17)8-20-13(18)7-9-4-5-10-2-1-3-11(10)6-9/h4-6H,1-3,7-8H2,(H3,15,16,17,19). The van der Waals surface area contributed by atoms with Crippen molar-refractivity contribution in [2.45, 2.75) is 25.7 Å². The summed E-state index contributed by atoms with van der Waals surface area (Å²) in [4.78, 5) is 33.1. The Labute approximate surface area is 116 Å². The highest BCUT2D eigenvalue weighted by Gasteiger charge is 2.13. The van der Waals surface area contributed by atoms with Crippen molar-refractivity contribution in [3.63, 3.8) is 0 Å². The molecule has 0 atom stereocenters. The number of hydrogen-bond donors (Lipinski definition) is 2. The Hall–Kier alpha value is -2.37. The molecule has 0 spiro atoms. The Kier molecular flexibility index (Phi) is 4.34. The molecule has 106 valence electrons. The minimum atomic E-state index is -0.968. The Morgan fingerprint density at radius 1 is 1.20 bits per heavy atom. The molecule has 1 aliphatic carbocycles. The second kappa shape index (κ2) is 6.18. The molecule has 0 saturated heterocycles. The van der Waals surface area contributed by atoms with Crippen molar-refractivity contribution in [2.75, 3.05) is 6.61 Å². The highest BCUT2D eigenvalue weighted by atomic mass is 16.5. The summed E-state index contributed by atoms with van der Waals surface area (Å²) >= 11 is 0. The number of carbonyl (C=O) groups is 3. The monoisotopic (exact) mass is 276 g/mol. The number of ether oxygens (including phenoxy) is 1. The summed E-state index contributed by atoms with van der Waals surface area (Å²) in [7, 11) is 0. The molecule has 20 heavy (non-hydrogen) atoms. The predicted molar refractivity (Wildman–Crippen MR) is 70.9 cm³/mol. The third kappa shape index (κ3) is 3.81. The molecule has 1 aromatic carbocycles. The molecular formula is C14H16N2O4. The van der Waals surface area contributed by atoms with Gasteiger partial charge in [-0.2, -0.15) is 0 Å². The van der Waals surface area contributed by atoms with Crippen LogP contribution in [-0.2, 0) is 33.6 Å². The van der Waals surface area contributed by atoms with Crippen molar-refractivity contribution in [3.8, 4) is 0 Å². The lowest BCUT2D eigenvalue weighted by atomic mass is 10.0. The maximum Gasteiger partial charge on any atom is 0.318 e. The van der Waals surface area contributed by atoms with Crippen LogP contribution in [-0.4, -0.2) is 24.5 Å². The first-order chi connectivity index (χ1) is 9.54. The summed E-state index contributed by atoms with van der Waals surface area (Å²) in [6.45, 7) is -0.507. The van der Waals surface area contributed by atoms with Crippen molar-refractivity contribution < 1.29 is 19.1 Å². The van der Waals surface area contributed by atoms with E-state index in [0.29, 0.717) is 0 Å². The van der Waals surface area contributed by atoms with Crippen LogP contribution in [0.1, 0.15) is 23.1 Å². The van der Waals surface area contributed by atoms with E-state index < -0.39 is 24.5 Å². The number of urea groups is 1. The zero-order valence-electron chi connectivity index (χ0n) is 11.0. The van der Waals surface area contributed by atoms with Crippen molar-refractivity contribution in [3.05, 3.63) is 34.9 Å². The van der Waals surface area contributed by atoms with Crippen LogP contribution >= 0.6 is 0 Å². The van der Waals surface area contributed by atoms with Gasteiger partial charge in [0.1, 0.15) is 0 Å². The fraction of sp³-hybridized carbons (Fsp3) is 0.357. The summed E-state index contributed by atoms with van der Waals surface area (Å²) in [5, 5.41) is 1.82. The highest BCUT2D eigenvalue weighted by molar-refractivity contribution is 5.94. The van der Waals surface area contributed by atoms with E-state index in [4.69, 9.17) is 10.5 Å². The van der Waals surface area contributed by atoms with E-state index in [1.54, 1.807) is 0 Å². The Bertz CT molecular complexity index is 554. The van der Waals surface area contributed by atoms with Crippen molar-refractivity contribution in [1.82, 2.24) is 5.32 Å². The SMILES string of the molecule is NC(=O)NC(=O)COC(=O)Cc1ccc2c(c1)CCC2. The van der Waals surface area contributed by atoms with Gasteiger partial charge in [0.25, 0.3) is 5.91 Å². The molecule has 3 N–H and O–H groups in total. The van der Waals surface area contributed by atoms with Crippen LogP contribution in [0.4, 0.5) is 4.79 Å². The number of benzene rings is 1. The fourth-order valence-corrected chi connectivity index (χ4v) is 2.27. The minimum absolute atomic E-state index is 0.108. The molecule has 1 aliphatic rings. The number of esters is 1. The number of rotatable bonds is 4. The van der Waals surface area contributed by atoms with Gasteiger partial charge in [0.2, 0.25) is 0 Å². The quantitative estimate of drug-likeness (QED) is 0.780. The van der Waals surface area contributed by atoms with E-state index in [9.17, 15) is 14.4 Å². The Morgan fingerprint density at radius 2 is 1.95 bits per heavy atom. The van der Waals surface area contributed by atoms with E-state index >= 15 is 0 Å². The van der Waals surface area contributed by atoms with E-state index in [2.05, 4.69) is 0 Å². The second-order valence-electron chi connectivity index (χ2n) is 4.71. The van der Waals surface area contributed by atoms with Gasteiger partial charge < -0.3 is 10.5 Å². The van der Waals surface area contributed by atoms with E-state index in [0.717, 1.165) is 24.8 Å². The third-order valence-electron chi connectivity index (χ3n) is 3.14. The number of fused-ring (bicyclic) bond motifs is 1. The Balaban J connectivity index is 1.82. The topological polar surface area (TPSA) is 98.5 Å². The average molecular weight is 276 g/mol. The summed E-state index contributed by atoms with van der Waals surface area (Å²) in [6.07, 6.45) is 3.39. The van der Waals surface area contributed by atoms with Crippen LogP contribution < -0.4 is 11.1 Å². The molecule has 0 fully saturated rings. The van der Waals surface area contributed by atoms with Crippen molar-refractivity contribution in [2.24, 2.45) is 5.73 Å². The molecule has 0 unspecified atom stereocenters. The number of imide groups is 1. The van der Waals surface area contributed by atoms with Crippen LogP contribution in [0.3, 0.4) is 0 Å². The first-order valence-electron chi connectivity index (χ1n) is 6.40. The molecule has 0 heterocycles. The van der Waals surface area contributed by atoms with Gasteiger partial charge in [0.05, 0.1) is 6.42 Å². The fourth-order valence-electron chi connectivity index (χ4n) is 2.27. The van der Waals surface area contributed by atoms with Crippen LogP contribution in [0, 0.1) is 0 Å². The number of hydrogen-bond acceptors (Lipinski definition) is 4. The largest absolute Gasteiger partial charge is 0.455 e. The van der Waals surface area contributed by atoms with Crippen LogP contribution in [0.5, 0.6) is 0 Å². The Morgan fingerprint density at radius 3 is 2.70 bits per heavy atom. The van der Waals surface area contributed by atoms with Gasteiger partial charge in [-0.3, -0.25) is 14.9 Å². The van der Waals surface area contributed by atoms with E-state index in [1.807, 2.05) is 23.5 Å². The summed E-state index contributed by atoms with van der Waals surface area (Å²) in [5.41, 5.74) is 8.25. The predicted octanol–water partition coefficient (Wildman–Crippen LogP) is 0.456. The smallest absolute Gasteiger partial charge is 0.318 e. The summed E-state index contributed by atoms with van der Waals surface area (Å²) < 4.78 is 4.77. The van der Waals surface area contributed by atoms with Gasteiger partial charge >= 0.3 is 12.0 Å². The number of carbonyl (C=O) groups excluding carboxylic acids is 3. The zero-order chi connectivity index (χ0) is 14.5. The molecule has 1 aromatic rings. The number of aryl methyl sites for hydroxylation is 2. The zero-order valence-corrected chi connectivity index (χ0v) is 11.0. The van der Waals surface area contributed by atoms with Gasteiger partial charge in [0, 0.05) is 0 Å². The van der Waals surface area contributed by atoms with Crippen LogP contribution in [0.2, 0.25) is 0 Å². The minimum Gasteiger partial charge on any atom is -0.455 e. The number of nitrogens with one attached hydrogen (secondary N) is 1. The maximum atomic E-state index is 11.6. The average Bonchev–Trinajstić information content (AvgIpc) is 2.83. The lowest BCUT2D eigenvalue weighted by Crippen LogP contribution is -2.37. The second-order valence-corrected chi connectivity index (χ2v) is 4.71. The first kappa shape index (κ1) is 14.0. The van der Waals surface area contributed by atoms with E-state index in [1.165, 1.54) is 11.1 Å². The van der Waals surface area contributed by atoms with Gasteiger partial charge in [-0.15, -0.1) is 0 Å². The molecule has 3 amide bonds. The molecule has 0 aliphatic heterocycles. The molecule has 6 heteroatoms. The van der Waals surface area contributed by atoms with E-state index in [-0.39, 0.29) is 6.42 Å². The van der Waals surface area contributed by atoms with Gasteiger partial charge in [0.15, 0.2) is 6.61 Å². The lowest BCUT2D eigenvalue weighted by molar-refractivity contribution is -0.147. The van der Waals surface area contributed by atoms with Gasteiger partial charge in [-0.1, -0.05) is 18.2 Å². The summed E-state index contributed by atoms with van der Waals surface area (Å²) in [6, 6.07) is 4.97. The lowest BCUT2D eigenvalue weighted by Gasteiger charge is -2.06. The summed E-state index contributed by atoms with van der Waals surface area (Å²) in [5.74, 6) is -1.25. The third-order valence-corrected chi connectivity index (χ3v) is 3.14. The van der Waals surface area contributed by atoms with Crippen molar-refractivity contribution in [1.29, 1.82) is 0 Å². The molecular weight excluding hydrogens is 260 g/mol. The normalized spacial score (nSPS) is 12.6. The number of nitrogens with two attached hydrogens (primary N) is 1.